The molecule has 94 valence electrons. The van der Waals surface area contributed by atoms with Gasteiger partial charge in [-0.2, -0.15) is 12.6 Å². The molecule has 1 fully saturated rings. The summed E-state index contributed by atoms with van der Waals surface area (Å²) in [6, 6.07) is 3.76. The number of furan rings is 1. The predicted octanol–water partition coefficient (Wildman–Crippen LogP) is 2.87. The quantitative estimate of drug-likeness (QED) is 0.792. The maximum atomic E-state index is 11.9. The molecule has 1 unspecified atom stereocenters. The Kier molecular flexibility index (Phi) is 3.52. The molecule has 1 aromatic heterocycles. The van der Waals surface area contributed by atoms with Gasteiger partial charge in [0.25, 0.3) is 0 Å². The molecule has 2 rings (SSSR count). The van der Waals surface area contributed by atoms with Crippen LogP contribution in [0.2, 0.25) is 0 Å². The van der Waals surface area contributed by atoms with Gasteiger partial charge in [-0.05, 0) is 50.0 Å². The largest absolute Gasteiger partial charge is 0.464 e. The van der Waals surface area contributed by atoms with E-state index in [9.17, 15) is 4.79 Å². The van der Waals surface area contributed by atoms with E-state index in [4.69, 9.17) is 4.42 Å². The van der Waals surface area contributed by atoms with Crippen molar-refractivity contribution in [3.05, 3.63) is 23.7 Å². The SMILES string of the molecule is Cc1ccc(C(C)NC(=O)CC2(CS)CC2)o1. The van der Waals surface area contributed by atoms with E-state index in [1.165, 1.54) is 0 Å². The van der Waals surface area contributed by atoms with E-state index < -0.39 is 0 Å². The molecule has 1 aromatic rings. The Labute approximate surface area is 107 Å². The summed E-state index contributed by atoms with van der Waals surface area (Å²) < 4.78 is 5.49. The van der Waals surface area contributed by atoms with Crippen LogP contribution < -0.4 is 5.32 Å². The van der Waals surface area contributed by atoms with Crippen LogP contribution in [0.5, 0.6) is 0 Å². The molecule has 0 saturated heterocycles. The van der Waals surface area contributed by atoms with Gasteiger partial charge in [-0.1, -0.05) is 0 Å². The zero-order valence-electron chi connectivity index (χ0n) is 10.3. The predicted molar refractivity (Wildman–Crippen MR) is 70.1 cm³/mol. The molecule has 0 aliphatic heterocycles. The lowest BCUT2D eigenvalue weighted by molar-refractivity contribution is -0.122. The summed E-state index contributed by atoms with van der Waals surface area (Å²) in [7, 11) is 0. The van der Waals surface area contributed by atoms with Gasteiger partial charge in [0.2, 0.25) is 5.91 Å². The molecule has 1 aliphatic rings. The first-order chi connectivity index (χ1) is 8.04. The zero-order valence-corrected chi connectivity index (χ0v) is 11.2. The number of amides is 1. The highest BCUT2D eigenvalue weighted by atomic mass is 32.1. The summed E-state index contributed by atoms with van der Waals surface area (Å²) in [6.07, 6.45) is 2.83. The maximum Gasteiger partial charge on any atom is 0.221 e. The third kappa shape index (κ3) is 3.06. The molecule has 1 aliphatic carbocycles. The van der Waals surface area contributed by atoms with Gasteiger partial charge in [0.15, 0.2) is 0 Å². The summed E-state index contributed by atoms with van der Waals surface area (Å²) in [5.74, 6) is 2.58. The van der Waals surface area contributed by atoms with E-state index in [0.717, 1.165) is 30.1 Å². The van der Waals surface area contributed by atoms with Crippen LogP contribution in [-0.2, 0) is 4.79 Å². The maximum absolute atomic E-state index is 11.9. The molecule has 4 heteroatoms. The van der Waals surface area contributed by atoms with E-state index in [1.54, 1.807) is 0 Å². The second kappa shape index (κ2) is 4.77. The first kappa shape index (κ1) is 12.6. The Balaban J connectivity index is 1.86. The van der Waals surface area contributed by atoms with E-state index >= 15 is 0 Å². The number of aryl methyl sites for hydroxylation is 1. The summed E-state index contributed by atoms with van der Waals surface area (Å²) in [5, 5.41) is 2.97. The van der Waals surface area contributed by atoms with Crippen molar-refractivity contribution in [1.82, 2.24) is 5.32 Å². The number of nitrogens with one attached hydrogen (secondary N) is 1. The monoisotopic (exact) mass is 253 g/mol. The van der Waals surface area contributed by atoms with Gasteiger partial charge in [0.1, 0.15) is 11.5 Å². The molecule has 1 atom stereocenters. The molecule has 0 radical (unpaired) electrons. The highest BCUT2D eigenvalue weighted by molar-refractivity contribution is 7.80. The van der Waals surface area contributed by atoms with Crippen LogP contribution in [0.3, 0.4) is 0 Å². The van der Waals surface area contributed by atoms with Crippen molar-refractivity contribution in [3.8, 4) is 0 Å². The molecule has 1 heterocycles. The van der Waals surface area contributed by atoms with Gasteiger partial charge in [0.05, 0.1) is 6.04 Å². The van der Waals surface area contributed by atoms with Crippen LogP contribution in [-0.4, -0.2) is 11.7 Å². The van der Waals surface area contributed by atoms with E-state index in [2.05, 4.69) is 17.9 Å². The minimum absolute atomic E-state index is 0.0630. The molecular formula is C13H19NO2S. The molecule has 1 N–H and O–H groups in total. The van der Waals surface area contributed by atoms with E-state index in [-0.39, 0.29) is 17.4 Å². The van der Waals surface area contributed by atoms with E-state index in [1.807, 2.05) is 26.0 Å². The number of rotatable bonds is 5. The van der Waals surface area contributed by atoms with Crippen molar-refractivity contribution in [1.29, 1.82) is 0 Å². The summed E-state index contributed by atoms with van der Waals surface area (Å²) in [6.45, 7) is 3.84. The standard InChI is InChI=1S/C13H19NO2S/c1-9-3-4-11(16-9)10(2)14-12(15)7-13(8-17)5-6-13/h3-4,10,17H,5-8H2,1-2H3,(H,14,15). The minimum atomic E-state index is -0.0630. The summed E-state index contributed by atoms with van der Waals surface area (Å²) in [4.78, 5) is 11.9. The molecule has 1 amide bonds. The first-order valence-corrected chi connectivity index (χ1v) is 6.64. The number of carbonyl (C=O) groups excluding carboxylic acids is 1. The zero-order chi connectivity index (χ0) is 12.5. The number of thiol groups is 1. The Morgan fingerprint density at radius 3 is 2.76 bits per heavy atom. The second-order valence-electron chi connectivity index (χ2n) is 5.07. The van der Waals surface area contributed by atoms with Crippen molar-refractivity contribution in [2.24, 2.45) is 5.41 Å². The number of hydrogen-bond donors (Lipinski definition) is 2. The van der Waals surface area contributed by atoms with Crippen LogP contribution in [0.1, 0.15) is 43.7 Å². The molecule has 1 saturated carbocycles. The second-order valence-corrected chi connectivity index (χ2v) is 5.39. The highest BCUT2D eigenvalue weighted by Gasteiger charge is 2.43. The molecule has 0 bridgehead atoms. The lowest BCUT2D eigenvalue weighted by Gasteiger charge is -2.15. The van der Waals surface area contributed by atoms with Gasteiger partial charge < -0.3 is 9.73 Å². The van der Waals surface area contributed by atoms with Gasteiger partial charge in [0, 0.05) is 6.42 Å². The van der Waals surface area contributed by atoms with Crippen molar-refractivity contribution in [2.45, 2.75) is 39.2 Å². The van der Waals surface area contributed by atoms with Crippen LogP contribution >= 0.6 is 12.6 Å². The van der Waals surface area contributed by atoms with Gasteiger partial charge in [-0.3, -0.25) is 4.79 Å². The third-order valence-corrected chi connectivity index (χ3v) is 4.06. The van der Waals surface area contributed by atoms with Crippen LogP contribution in [0.15, 0.2) is 16.5 Å². The Hall–Kier alpha value is -0.900. The fraction of sp³-hybridized carbons (Fsp3) is 0.615. The van der Waals surface area contributed by atoms with Crippen molar-refractivity contribution >= 4 is 18.5 Å². The van der Waals surface area contributed by atoms with Gasteiger partial charge in [-0.25, -0.2) is 0 Å². The number of hydrogen-bond acceptors (Lipinski definition) is 3. The molecule has 0 aromatic carbocycles. The summed E-state index contributed by atoms with van der Waals surface area (Å²) in [5.41, 5.74) is 0.173. The Morgan fingerprint density at radius 1 is 1.59 bits per heavy atom. The lowest BCUT2D eigenvalue weighted by Crippen LogP contribution is -2.29. The van der Waals surface area contributed by atoms with Crippen molar-refractivity contribution < 1.29 is 9.21 Å². The minimum Gasteiger partial charge on any atom is -0.464 e. The molecular weight excluding hydrogens is 234 g/mol. The van der Waals surface area contributed by atoms with E-state index in [0.29, 0.717) is 6.42 Å². The van der Waals surface area contributed by atoms with Gasteiger partial charge in [-0.15, -0.1) is 0 Å². The van der Waals surface area contributed by atoms with Crippen LogP contribution in [0, 0.1) is 12.3 Å². The highest BCUT2D eigenvalue weighted by Crippen LogP contribution is 2.49. The summed E-state index contributed by atoms with van der Waals surface area (Å²) >= 11 is 4.30. The number of carbonyl (C=O) groups is 1. The fourth-order valence-electron chi connectivity index (χ4n) is 1.96. The topological polar surface area (TPSA) is 42.2 Å². The normalized spacial score (nSPS) is 18.8. The molecule has 0 spiro atoms. The Bertz CT molecular complexity index is 409. The van der Waals surface area contributed by atoms with Crippen molar-refractivity contribution in [3.63, 3.8) is 0 Å². The van der Waals surface area contributed by atoms with Gasteiger partial charge >= 0.3 is 0 Å². The van der Waals surface area contributed by atoms with Crippen LogP contribution in [0.4, 0.5) is 0 Å². The third-order valence-electron chi connectivity index (χ3n) is 3.39. The average Bonchev–Trinajstić information content (AvgIpc) is 2.91. The smallest absolute Gasteiger partial charge is 0.221 e. The van der Waals surface area contributed by atoms with Crippen molar-refractivity contribution in [2.75, 3.05) is 5.75 Å². The molecule has 17 heavy (non-hydrogen) atoms. The fourth-order valence-corrected chi connectivity index (χ4v) is 2.39. The Morgan fingerprint density at radius 2 is 2.29 bits per heavy atom. The lowest BCUT2D eigenvalue weighted by atomic mass is 10.0. The average molecular weight is 253 g/mol. The first-order valence-electron chi connectivity index (χ1n) is 6.01. The van der Waals surface area contributed by atoms with Crippen LogP contribution in [0.25, 0.3) is 0 Å². The molecule has 3 nitrogen and oxygen atoms in total.